The van der Waals surface area contributed by atoms with Crippen molar-refractivity contribution in [1.82, 2.24) is 5.32 Å². The van der Waals surface area contributed by atoms with Gasteiger partial charge in [-0.2, -0.15) is 0 Å². The van der Waals surface area contributed by atoms with Crippen molar-refractivity contribution in [2.75, 3.05) is 7.11 Å². The summed E-state index contributed by atoms with van der Waals surface area (Å²) >= 11 is 0. The lowest BCUT2D eigenvalue weighted by atomic mass is 10.1. The highest BCUT2D eigenvalue weighted by atomic mass is 16.5. The number of nitrogens with one attached hydrogen (secondary N) is 1. The van der Waals surface area contributed by atoms with E-state index in [4.69, 9.17) is 5.11 Å². The fourth-order valence-electron chi connectivity index (χ4n) is 0.851. The lowest BCUT2D eigenvalue weighted by Gasteiger charge is -2.15. The van der Waals surface area contributed by atoms with Crippen LogP contribution in [0.4, 0.5) is 0 Å². The Labute approximate surface area is 86.9 Å². The lowest BCUT2D eigenvalue weighted by Crippen LogP contribution is -2.42. The van der Waals surface area contributed by atoms with Gasteiger partial charge < -0.3 is 15.2 Å². The van der Waals surface area contributed by atoms with Crippen molar-refractivity contribution < 1.29 is 24.2 Å². The van der Waals surface area contributed by atoms with E-state index in [2.05, 4.69) is 16.6 Å². The van der Waals surface area contributed by atoms with Crippen LogP contribution in [0.15, 0.2) is 12.2 Å². The van der Waals surface area contributed by atoms with Crippen LogP contribution < -0.4 is 5.32 Å². The van der Waals surface area contributed by atoms with Crippen molar-refractivity contribution in [2.24, 2.45) is 0 Å². The molecule has 0 saturated heterocycles. The zero-order chi connectivity index (χ0) is 12.0. The first-order chi connectivity index (χ1) is 6.88. The van der Waals surface area contributed by atoms with Crippen molar-refractivity contribution in [3.05, 3.63) is 12.2 Å². The van der Waals surface area contributed by atoms with Gasteiger partial charge in [0.1, 0.15) is 12.5 Å². The maximum Gasteiger partial charge on any atom is 0.332 e. The van der Waals surface area contributed by atoms with Crippen LogP contribution >= 0.6 is 0 Å². The normalized spacial score (nSPS) is 11.3. The van der Waals surface area contributed by atoms with E-state index in [1.54, 1.807) is 0 Å². The standard InChI is InChI=1S/C9H13NO5/c1-5(2)8(9(14)15-3)10-6(11)4-7(12)13/h8H,1,4H2,2-3H3,(H,10,11)(H,12,13). The van der Waals surface area contributed by atoms with Crippen molar-refractivity contribution in [3.63, 3.8) is 0 Å². The summed E-state index contributed by atoms with van der Waals surface area (Å²) in [5.74, 6) is -2.71. The summed E-state index contributed by atoms with van der Waals surface area (Å²) in [4.78, 5) is 32.4. The quantitative estimate of drug-likeness (QED) is 0.373. The number of rotatable bonds is 5. The minimum atomic E-state index is -1.27. The number of hydrogen-bond acceptors (Lipinski definition) is 4. The van der Waals surface area contributed by atoms with E-state index in [0.29, 0.717) is 5.57 Å². The molecule has 1 unspecified atom stereocenters. The van der Waals surface area contributed by atoms with Gasteiger partial charge in [-0.05, 0) is 12.5 Å². The summed E-state index contributed by atoms with van der Waals surface area (Å²) in [5, 5.41) is 10.5. The van der Waals surface area contributed by atoms with Crippen LogP contribution in [-0.4, -0.2) is 36.1 Å². The number of esters is 1. The van der Waals surface area contributed by atoms with Crippen LogP contribution in [0.2, 0.25) is 0 Å². The van der Waals surface area contributed by atoms with Crippen LogP contribution in [0.1, 0.15) is 13.3 Å². The number of amides is 1. The number of methoxy groups -OCH3 is 1. The molecular formula is C9H13NO5. The molecule has 0 rings (SSSR count). The van der Waals surface area contributed by atoms with Crippen LogP contribution in [0.3, 0.4) is 0 Å². The molecule has 84 valence electrons. The van der Waals surface area contributed by atoms with Gasteiger partial charge in [-0.15, -0.1) is 0 Å². The van der Waals surface area contributed by atoms with Gasteiger partial charge in [0.15, 0.2) is 0 Å². The number of carbonyl (C=O) groups is 3. The fourth-order valence-corrected chi connectivity index (χ4v) is 0.851. The average Bonchev–Trinajstić information content (AvgIpc) is 2.11. The summed E-state index contributed by atoms with van der Waals surface area (Å²) in [6.07, 6.45) is -0.694. The van der Waals surface area contributed by atoms with Crippen LogP contribution in [0.5, 0.6) is 0 Å². The van der Waals surface area contributed by atoms with E-state index in [0.717, 1.165) is 0 Å². The fraction of sp³-hybridized carbons (Fsp3) is 0.444. The molecule has 0 bridgehead atoms. The van der Waals surface area contributed by atoms with E-state index >= 15 is 0 Å². The van der Waals surface area contributed by atoms with Crippen molar-refractivity contribution in [2.45, 2.75) is 19.4 Å². The third kappa shape index (κ3) is 4.80. The first-order valence-electron chi connectivity index (χ1n) is 4.13. The van der Waals surface area contributed by atoms with Gasteiger partial charge in [0.05, 0.1) is 7.11 Å². The Hall–Kier alpha value is -1.85. The molecule has 0 aromatic heterocycles. The van der Waals surface area contributed by atoms with Crippen molar-refractivity contribution in [1.29, 1.82) is 0 Å². The molecule has 1 amide bonds. The molecule has 2 N–H and O–H groups in total. The Morgan fingerprint density at radius 1 is 1.47 bits per heavy atom. The SMILES string of the molecule is C=C(C)C(NC(=O)CC(=O)O)C(=O)OC. The largest absolute Gasteiger partial charge is 0.481 e. The first-order valence-corrected chi connectivity index (χ1v) is 4.13. The number of ether oxygens (including phenoxy) is 1. The zero-order valence-electron chi connectivity index (χ0n) is 8.57. The maximum absolute atomic E-state index is 11.1. The Balaban J connectivity index is 4.42. The number of aliphatic carboxylic acids is 1. The van der Waals surface area contributed by atoms with Gasteiger partial charge in [-0.3, -0.25) is 9.59 Å². The first kappa shape index (κ1) is 13.2. The zero-order valence-corrected chi connectivity index (χ0v) is 8.57. The number of hydrogen-bond donors (Lipinski definition) is 2. The predicted octanol–water partition coefficient (Wildman–Crippen LogP) is -0.305. The smallest absolute Gasteiger partial charge is 0.332 e. The lowest BCUT2D eigenvalue weighted by molar-refractivity contribution is -0.146. The highest BCUT2D eigenvalue weighted by Gasteiger charge is 2.22. The summed E-state index contributed by atoms with van der Waals surface area (Å²) in [6, 6.07) is -0.998. The molecule has 0 spiro atoms. The Bertz CT molecular complexity index is 297. The molecule has 0 aliphatic heterocycles. The molecule has 1 atom stereocenters. The highest BCUT2D eigenvalue weighted by molar-refractivity contribution is 5.96. The van der Waals surface area contributed by atoms with Gasteiger partial charge in [0, 0.05) is 0 Å². The molecule has 6 heteroatoms. The number of carboxylic acid groups (broad SMARTS) is 1. The molecule has 0 aliphatic rings. The molecule has 0 saturated carbocycles. The molecule has 0 aromatic carbocycles. The van der Waals surface area contributed by atoms with Crippen molar-refractivity contribution >= 4 is 17.8 Å². The van der Waals surface area contributed by atoms with Crippen LogP contribution in [0.25, 0.3) is 0 Å². The van der Waals surface area contributed by atoms with E-state index < -0.39 is 30.3 Å². The second-order valence-corrected chi connectivity index (χ2v) is 2.94. The predicted molar refractivity (Wildman–Crippen MR) is 51.0 cm³/mol. The summed E-state index contributed by atoms with van der Waals surface area (Å²) in [6.45, 7) is 5.02. The third-order valence-electron chi connectivity index (χ3n) is 1.55. The minimum absolute atomic E-state index is 0.376. The minimum Gasteiger partial charge on any atom is -0.481 e. The number of carboxylic acids is 1. The molecule has 0 aliphatic carbocycles. The molecule has 6 nitrogen and oxygen atoms in total. The number of carbonyl (C=O) groups excluding carboxylic acids is 2. The van der Waals surface area contributed by atoms with Gasteiger partial charge >= 0.3 is 11.9 Å². The maximum atomic E-state index is 11.1. The second-order valence-electron chi connectivity index (χ2n) is 2.94. The topological polar surface area (TPSA) is 92.7 Å². The second kappa shape index (κ2) is 5.79. The van der Waals surface area contributed by atoms with Crippen LogP contribution in [0, 0.1) is 0 Å². The molecule has 0 fully saturated rings. The van der Waals surface area contributed by atoms with Gasteiger partial charge in [-0.1, -0.05) is 6.58 Å². The summed E-state index contributed by atoms with van der Waals surface area (Å²) in [5.41, 5.74) is 0.376. The van der Waals surface area contributed by atoms with E-state index in [1.807, 2.05) is 0 Å². The van der Waals surface area contributed by atoms with Gasteiger partial charge in [0.25, 0.3) is 0 Å². The van der Waals surface area contributed by atoms with Crippen LogP contribution in [-0.2, 0) is 19.1 Å². The van der Waals surface area contributed by atoms with Gasteiger partial charge in [0.2, 0.25) is 5.91 Å². The van der Waals surface area contributed by atoms with Gasteiger partial charge in [-0.25, -0.2) is 4.79 Å². The highest BCUT2D eigenvalue weighted by Crippen LogP contribution is 2.00. The van der Waals surface area contributed by atoms with E-state index in [-0.39, 0.29) is 0 Å². The van der Waals surface area contributed by atoms with E-state index in [9.17, 15) is 14.4 Å². The Kier molecular flexibility index (Phi) is 5.08. The molecule has 0 radical (unpaired) electrons. The Morgan fingerprint density at radius 3 is 2.33 bits per heavy atom. The molecular weight excluding hydrogens is 202 g/mol. The van der Waals surface area contributed by atoms with E-state index in [1.165, 1.54) is 14.0 Å². The summed E-state index contributed by atoms with van der Waals surface area (Å²) in [7, 11) is 1.17. The molecule has 0 heterocycles. The average molecular weight is 215 g/mol. The Morgan fingerprint density at radius 2 is 2.00 bits per heavy atom. The molecule has 0 aromatic rings. The molecule has 15 heavy (non-hydrogen) atoms. The third-order valence-corrected chi connectivity index (χ3v) is 1.55. The summed E-state index contributed by atoms with van der Waals surface area (Å²) < 4.78 is 4.42. The van der Waals surface area contributed by atoms with Crippen molar-refractivity contribution in [3.8, 4) is 0 Å². The monoisotopic (exact) mass is 215 g/mol.